The number of halogens is 1. The van der Waals surface area contributed by atoms with Crippen molar-refractivity contribution in [3.8, 4) is 0 Å². The van der Waals surface area contributed by atoms with Crippen molar-refractivity contribution >= 4 is 23.5 Å². The van der Waals surface area contributed by atoms with E-state index >= 15 is 0 Å². The molecule has 0 bridgehead atoms. The van der Waals surface area contributed by atoms with E-state index in [1.54, 1.807) is 0 Å². The Morgan fingerprint density at radius 1 is 1.40 bits per heavy atom. The zero-order valence-electron chi connectivity index (χ0n) is 7.10. The fraction of sp³-hybridized carbons (Fsp3) is 1.00. The van der Waals surface area contributed by atoms with Gasteiger partial charge in [-0.1, -0.05) is 25.8 Å². The van der Waals surface area contributed by atoms with Gasteiger partial charge in [-0.05, 0) is 20.0 Å². The average molecular weight is 182 g/mol. The molecule has 0 aromatic carbocycles. The monoisotopic (exact) mass is 181 g/mol. The molecule has 0 fully saturated rings. The second-order valence-corrected chi connectivity index (χ2v) is 4.71. The SMILES string of the molecule is CC(C)C(CCl)SN(C)C. The molecule has 1 atom stereocenters. The first kappa shape index (κ1) is 10.6. The van der Waals surface area contributed by atoms with Gasteiger partial charge in [-0.3, -0.25) is 4.31 Å². The van der Waals surface area contributed by atoms with Crippen molar-refractivity contribution in [1.82, 2.24) is 4.31 Å². The third-order valence-corrected chi connectivity index (χ3v) is 3.16. The summed E-state index contributed by atoms with van der Waals surface area (Å²) in [6.45, 7) is 4.40. The molecule has 0 saturated heterocycles. The van der Waals surface area contributed by atoms with Crippen molar-refractivity contribution in [3.05, 3.63) is 0 Å². The molecular weight excluding hydrogens is 166 g/mol. The largest absolute Gasteiger partial charge is 0.256 e. The lowest BCUT2D eigenvalue weighted by atomic mass is 10.1. The molecule has 0 aromatic rings. The van der Waals surface area contributed by atoms with E-state index in [4.69, 9.17) is 11.6 Å². The number of hydrogen-bond acceptors (Lipinski definition) is 2. The van der Waals surface area contributed by atoms with Crippen molar-refractivity contribution < 1.29 is 0 Å². The standard InChI is InChI=1S/C7H16ClNS/c1-6(2)7(5-8)10-9(3)4/h6-7H,5H2,1-4H3. The minimum Gasteiger partial charge on any atom is -0.256 e. The van der Waals surface area contributed by atoms with E-state index in [0.717, 1.165) is 5.88 Å². The highest BCUT2D eigenvalue weighted by Gasteiger charge is 2.13. The van der Waals surface area contributed by atoms with E-state index in [0.29, 0.717) is 11.2 Å². The average Bonchev–Trinajstić information content (AvgIpc) is 1.81. The van der Waals surface area contributed by atoms with E-state index in [1.165, 1.54) is 0 Å². The maximum atomic E-state index is 5.76. The Labute approximate surface area is 73.3 Å². The minimum atomic E-state index is 0.552. The summed E-state index contributed by atoms with van der Waals surface area (Å²) in [4.78, 5) is 0. The van der Waals surface area contributed by atoms with E-state index in [-0.39, 0.29) is 0 Å². The van der Waals surface area contributed by atoms with Crippen LogP contribution in [0, 0.1) is 5.92 Å². The summed E-state index contributed by atoms with van der Waals surface area (Å²) in [7, 11) is 4.10. The zero-order valence-corrected chi connectivity index (χ0v) is 8.67. The van der Waals surface area contributed by atoms with Gasteiger partial charge < -0.3 is 0 Å². The molecule has 0 aliphatic heterocycles. The molecule has 0 saturated carbocycles. The normalized spacial score (nSPS) is 14.7. The molecule has 3 heteroatoms. The molecule has 1 nitrogen and oxygen atoms in total. The predicted molar refractivity (Wildman–Crippen MR) is 50.6 cm³/mol. The number of alkyl halides is 1. The lowest BCUT2D eigenvalue weighted by Gasteiger charge is -2.20. The van der Waals surface area contributed by atoms with Gasteiger partial charge in [0.05, 0.1) is 0 Å². The highest BCUT2D eigenvalue weighted by atomic mass is 35.5. The summed E-state index contributed by atoms with van der Waals surface area (Å²) >= 11 is 7.57. The second-order valence-electron chi connectivity index (χ2n) is 2.85. The summed E-state index contributed by atoms with van der Waals surface area (Å²) < 4.78 is 2.10. The lowest BCUT2D eigenvalue weighted by molar-refractivity contribution is 0.616. The molecule has 0 amide bonds. The Morgan fingerprint density at radius 2 is 1.90 bits per heavy atom. The maximum Gasteiger partial charge on any atom is 0.0357 e. The highest BCUT2D eigenvalue weighted by molar-refractivity contribution is 7.97. The molecule has 0 aromatic heterocycles. The van der Waals surface area contributed by atoms with Crippen molar-refractivity contribution in [3.63, 3.8) is 0 Å². The van der Waals surface area contributed by atoms with Crippen molar-refractivity contribution in [2.75, 3.05) is 20.0 Å². The molecule has 0 radical (unpaired) electrons. The summed E-state index contributed by atoms with van der Waals surface area (Å²) in [5, 5.41) is 0.552. The van der Waals surface area contributed by atoms with Crippen LogP contribution in [0.3, 0.4) is 0 Å². The predicted octanol–water partition coefficient (Wildman–Crippen LogP) is 2.46. The molecule has 0 aliphatic rings. The fourth-order valence-corrected chi connectivity index (χ4v) is 1.97. The smallest absolute Gasteiger partial charge is 0.0357 e. The second kappa shape index (κ2) is 5.28. The molecular formula is C7H16ClNS. The Kier molecular flexibility index (Phi) is 5.59. The van der Waals surface area contributed by atoms with Crippen molar-refractivity contribution in [2.24, 2.45) is 5.92 Å². The van der Waals surface area contributed by atoms with Gasteiger partial charge in [0, 0.05) is 11.1 Å². The van der Waals surface area contributed by atoms with Gasteiger partial charge in [0.15, 0.2) is 0 Å². The topological polar surface area (TPSA) is 3.24 Å². The molecule has 0 N–H and O–H groups in total. The third kappa shape index (κ3) is 4.42. The summed E-state index contributed by atoms with van der Waals surface area (Å²) in [5.41, 5.74) is 0. The first-order valence-electron chi connectivity index (χ1n) is 3.48. The highest BCUT2D eigenvalue weighted by Crippen LogP contribution is 2.21. The zero-order chi connectivity index (χ0) is 8.15. The molecule has 0 heterocycles. The Morgan fingerprint density at radius 3 is 2.00 bits per heavy atom. The Bertz CT molecular complexity index is 85.7. The number of nitrogens with zero attached hydrogens (tertiary/aromatic N) is 1. The van der Waals surface area contributed by atoms with E-state index in [1.807, 2.05) is 26.0 Å². The summed E-state index contributed by atoms with van der Waals surface area (Å²) in [6.07, 6.45) is 0. The maximum absolute atomic E-state index is 5.76. The van der Waals surface area contributed by atoms with Crippen LogP contribution >= 0.6 is 23.5 Å². The molecule has 0 spiro atoms. The summed E-state index contributed by atoms with van der Waals surface area (Å²) in [6, 6.07) is 0. The summed E-state index contributed by atoms with van der Waals surface area (Å²) in [5.74, 6) is 1.39. The van der Waals surface area contributed by atoms with Gasteiger partial charge in [0.1, 0.15) is 0 Å². The van der Waals surface area contributed by atoms with Crippen LogP contribution in [0.2, 0.25) is 0 Å². The van der Waals surface area contributed by atoms with E-state index in [2.05, 4.69) is 18.2 Å². The fourth-order valence-electron chi connectivity index (χ4n) is 0.599. The van der Waals surface area contributed by atoms with Gasteiger partial charge in [-0.15, -0.1) is 11.6 Å². The minimum absolute atomic E-state index is 0.552. The van der Waals surface area contributed by atoms with Crippen LogP contribution in [0.5, 0.6) is 0 Å². The van der Waals surface area contributed by atoms with Crippen LogP contribution in [0.15, 0.2) is 0 Å². The van der Waals surface area contributed by atoms with Crippen LogP contribution in [0.25, 0.3) is 0 Å². The molecule has 0 rings (SSSR count). The Hall–Kier alpha value is 0.600. The van der Waals surface area contributed by atoms with Gasteiger partial charge in [-0.2, -0.15) is 0 Å². The first-order valence-corrected chi connectivity index (χ1v) is 4.85. The Balaban J connectivity index is 3.60. The van der Waals surface area contributed by atoms with Crippen LogP contribution in [0.4, 0.5) is 0 Å². The quantitative estimate of drug-likeness (QED) is 0.484. The molecule has 10 heavy (non-hydrogen) atoms. The van der Waals surface area contributed by atoms with Crippen LogP contribution in [0.1, 0.15) is 13.8 Å². The van der Waals surface area contributed by atoms with Gasteiger partial charge in [0.25, 0.3) is 0 Å². The van der Waals surface area contributed by atoms with Crippen molar-refractivity contribution in [2.45, 2.75) is 19.1 Å². The number of hydrogen-bond donors (Lipinski definition) is 0. The molecule has 0 aliphatic carbocycles. The third-order valence-electron chi connectivity index (χ3n) is 1.24. The van der Waals surface area contributed by atoms with E-state index < -0.39 is 0 Å². The lowest BCUT2D eigenvalue weighted by Crippen LogP contribution is -2.18. The van der Waals surface area contributed by atoms with Crippen molar-refractivity contribution in [1.29, 1.82) is 0 Å². The van der Waals surface area contributed by atoms with Crippen LogP contribution in [-0.4, -0.2) is 29.5 Å². The molecule has 1 unspecified atom stereocenters. The first-order chi connectivity index (χ1) is 4.57. The number of rotatable bonds is 4. The molecule has 62 valence electrons. The van der Waals surface area contributed by atoms with Gasteiger partial charge in [-0.25, -0.2) is 0 Å². The van der Waals surface area contributed by atoms with Crippen LogP contribution < -0.4 is 0 Å². The van der Waals surface area contributed by atoms with Gasteiger partial charge >= 0.3 is 0 Å². The van der Waals surface area contributed by atoms with Gasteiger partial charge in [0.2, 0.25) is 0 Å². The van der Waals surface area contributed by atoms with Crippen LogP contribution in [-0.2, 0) is 0 Å². The van der Waals surface area contributed by atoms with E-state index in [9.17, 15) is 0 Å².